The van der Waals surface area contributed by atoms with Crippen LogP contribution in [0.15, 0.2) is 6.07 Å². The van der Waals surface area contributed by atoms with Crippen molar-refractivity contribution >= 4 is 29.6 Å². The predicted octanol–water partition coefficient (Wildman–Crippen LogP) is 2.36. The van der Waals surface area contributed by atoms with Crippen molar-refractivity contribution in [1.82, 2.24) is 15.5 Å². The number of piperazine rings is 1. The number of nitrogens with zero attached hydrogens (tertiary/aromatic N) is 1. The van der Waals surface area contributed by atoms with Crippen molar-refractivity contribution in [3.63, 3.8) is 0 Å². The van der Waals surface area contributed by atoms with Gasteiger partial charge in [-0.3, -0.25) is 14.5 Å². The summed E-state index contributed by atoms with van der Waals surface area (Å²) >= 11 is 1.01. The Labute approximate surface area is 276 Å². The van der Waals surface area contributed by atoms with Gasteiger partial charge in [0.05, 0.1) is 30.5 Å². The first-order chi connectivity index (χ1) is 22.7. The summed E-state index contributed by atoms with van der Waals surface area (Å²) in [5.41, 5.74) is 3.24. The maximum Gasteiger partial charge on any atom is 0.471 e. The van der Waals surface area contributed by atoms with Crippen LogP contribution in [-0.4, -0.2) is 89.8 Å². The Bertz CT molecular complexity index is 1740. The van der Waals surface area contributed by atoms with E-state index < -0.39 is 78.1 Å². The number of nitrogens with one attached hydrogen (secondary N) is 2. The van der Waals surface area contributed by atoms with Gasteiger partial charge in [0.2, 0.25) is 6.79 Å². The molecule has 0 saturated carbocycles. The quantitative estimate of drug-likeness (QED) is 0.274. The normalized spacial score (nSPS) is 28.8. The molecule has 2 aromatic rings. The molecule has 258 valence electrons. The maximum absolute atomic E-state index is 13.3. The van der Waals surface area contributed by atoms with Gasteiger partial charge in [0, 0.05) is 41.0 Å². The fourth-order valence-corrected chi connectivity index (χ4v) is 9.24. The fraction of sp³-hybridized carbons (Fsp3) is 0.516. The largest absolute Gasteiger partial charge is 0.504 e. The average molecular weight is 696 g/mol. The number of hydrogen-bond acceptors (Lipinski definition) is 13. The number of alkyl halides is 3. The lowest BCUT2D eigenvalue weighted by Crippen LogP contribution is -2.69. The zero-order valence-corrected chi connectivity index (χ0v) is 26.9. The molecule has 17 heteroatoms. The number of phenolic OH excluding ortho intramolecular Hbond substituents is 1. The first kappa shape index (κ1) is 32.6. The Kier molecular flexibility index (Phi) is 7.88. The van der Waals surface area contributed by atoms with Crippen LogP contribution in [0.1, 0.15) is 57.6 Å². The van der Waals surface area contributed by atoms with E-state index in [0.717, 1.165) is 17.3 Å². The van der Waals surface area contributed by atoms with E-state index in [4.69, 9.17) is 23.7 Å². The number of rotatable bonds is 3. The molecule has 0 spiro atoms. The maximum atomic E-state index is 13.3. The second-order valence-electron chi connectivity index (χ2n) is 12.3. The number of thioether (sulfide) groups is 1. The number of halogens is 3. The van der Waals surface area contributed by atoms with Crippen molar-refractivity contribution in [2.45, 2.75) is 75.1 Å². The molecular formula is C31H32F3N3O10S. The Morgan fingerprint density at radius 3 is 2.54 bits per heavy atom. The minimum absolute atomic E-state index is 0.109. The van der Waals surface area contributed by atoms with E-state index in [1.165, 1.54) is 14.0 Å². The molecule has 2 saturated heterocycles. The Hall–Kier alpha value is -3.93. The van der Waals surface area contributed by atoms with Crippen LogP contribution in [0.2, 0.25) is 0 Å². The van der Waals surface area contributed by atoms with Crippen LogP contribution in [0, 0.1) is 13.8 Å². The summed E-state index contributed by atoms with van der Waals surface area (Å²) in [6.07, 6.45) is -6.13. The number of cyclic esters (lactones) is 1. The molecule has 1 amide bonds. The SMILES string of the molecule is COc1c(C)cc2c(c1O)[C@@H]1N[C@H](C2)[C@H](O)N2C1[C@@H]1SC[C@H](NC(=O)C(F)(F)F)C(=O)OC[C@H]2c2c3c(c(C)c(OC(C)=O)c21)OCO3. The van der Waals surface area contributed by atoms with Crippen molar-refractivity contribution in [1.29, 1.82) is 0 Å². The Morgan fingerprint density at radius 1 is 1.12 bits per heavy atom. The van der Waals surface area contributed by atoms with Gasteiger partial charge in [0.15, 0.2) is 23.0 Å². The van der Waals surface area contributed by atoms with E-state index in [-0.39, 0.29) is 24.0 Å². The highest BCUT2D eigenvalue weighted by molar-refractivity contribution is 7.99. The Balaban J connectivity index is 1.47. The summed E-state index contributed by atoms with van der Waals surface area (Å²) in [7, 11) is 1.43. The van der Waals surface area contributed by atoms with Gasteiger partial charge in [-0.05, 0) is 31.4 Å². The molecule has 0 aromatic heterocycles. The van der Waals surface area contributed by atoms with Gasteiger partial charge in [0.1, 0.15) is 24.6 Å². The number of amides is 1. The third-order valence-electron chi connectivity index (χ3n) is 9.54. The standard InChI is InChI=1S/C31H32F3N3O10S/c1-10-5-13-6-14-28(40)37-16-7-44-29(41)15(36-30(42)31(32,33)34)8-48-27(21(37)20(35-14)17(13)22(39)23(10)43-4)19-18(16)26-25(45-9-46-26)11(2)24(19)47-12(3)38/h5,14-16,20-21,27-28,35,39-40H,6-9H2,1-4H3,(H,36,42)/t14-,15+,16+,20+,21?,27-,28+/m1/s1. The van der Waals surface area contributed by atoms with Gasteiger partial charge in [-0.1, -0.05) is 6.07 Å². The van der Waals surface area contributed by atoms with Gasteiger partial charge < -0.3 is 44.5 Å². The predicted molar refractivity (Wildman–Crippen MR) is 160 cm³/mol. The molecule has 7 atom stereocenters. The molecule has 2 fully saturated rings. The summed E-state index contributed by atoms with van der Waals surface area (Å²) in [6.45, 7) is 4.04. The number of hydrogen-bond donors (Lipinski definition) is 4. The van der Waals surface area contributed by atoms with E-state index >= 15 is 0 Å². The highest BCUT2D eigenvalue weighted by Gasteiger charge is 2.58. The van der Waals surface area contributed by atoms with Gasteiger partial charge in [-0.2, -0.15) is 13.2 Å². The molecule has 5 aliphatic heterocycles. The number of phenols is 1. The molecule has 1 unspecified atom stereocenters. The topological polar surface area (TPSA) is 165 Å². The number of carbonyl (C=O) groups excluding carboxylic acids is 3. The minimum Gasteiger partial charge on any atom is -0.504 e. The second kappa shape index (κ2) is 11.6. The van der Waals surface area contributed by atoms with Gasteiger partial charge >= 0.3 is 24.0 Å². The van der Waals surface area contributed by atoms with E-state index in [1.807, 2.05) is 6.07 Å². The molecule has 5 aliphatic rings. The average Bonchev–Trinajstić information content (AvgIpc) is 3.51. The lowest BCUT2D eigenvalue weighted by Gasteiger charge is -2.59. The van der Waals surface area contributed by atoms with E-state index in [0.29, 0.717) is 45.7 Å². The molecule has 2 aromatic carbocycles. The summed E-state index contributed by atoms with van der Waals surface area (Å²) in [5, 5.41) is 28.0. The molecule has 4 bridgehead atoms. The third kappa shape index (κ3) is 4.92. The number of aliphatic hydroxyl groups is 1. The number of aliphatic hydroxyl groups excluding tert-OH is 1. The first-order valence-corrected chi connectivity index (χ1v) is 16.2. The summed E-state index contributed by atoms with van der Waals surface area (Å²) in [5.74, 6) is -3.58. The summed E-state index contributed by atoms with van der Waals surface area (Å²) in [6, 6.07) is -2.86. The van der Waals surface area contributed by atoms with Crippen molar-refractivity contribution in [3.05, 3.63) is 39.4 Å². The lowest BCUT2D eigenvalue weighted by atomic mass is 9.74. The first-order valence-electron chi connectivity index (χ1n) is 15.1. The number of methoxy groups -OCH3 is 1. The van der Waals surface area contributed by atoms with E-state index in [1.54, 1.807) is 24.1 Å². The highest BCUT2D eigenvalue weighted by atomic mass is 32.2. The molecule has 0 aliphatic carbocycles. The molecular weight excluding hydrogens is 663 g/mol. The van der Waals surface area contributed by atoms with Crippen LogP contribution in [-0.2, 0) is 25.5 Å². The van der Waals surface area contributed by atoms with Crippen molar-refractivity contribution < 1.29 is 61.5 Å². The summed E-state index contributed by atoms with van der Waals surface area (Å²) in [4.78, 5) is 39.5. The van der Waals surface area contributed by atoms with Crippen LogP contribution < -0.4 is 29.6 Å². The summed E-state index contributed by atoms with van der Waals surface area (Å²) < 4.78 is 68.6. The van der Waals surface area contributed by atoms with Crippen LogP contribution in [0.5, 0.6) is 28.7 Å². The van der Waals surface area contributed by atoms with Gasteiger partial charge in [-0.15, -0.1) is 11.8 Å². The van der Waals surface area contributed by atoms with Gasteiger partial charge in [-0.25, -0.2) is 4.79 Å². The fourth-order valence-electron chi connectivity index (χ4n) is 7.73. The highest BCUT2D eigenvalue weighted by Crippen LogP contribution is 2.62. The van der Waals surface area contributed by atoms with Crippen molar-refractivity contribution in [3.8, 4) is 28.7 Å². The smallest absolute Gasteiger partial charge is 0.471 e. The lowest BCUT2D eigenvalue weighted by molar-refractivity contribution is -0.176. The zero-order chi connectivity index (χ0) is 34.4. The van der Waals surface area contributed by atoms with Crippen molar-refractivity contribution in [2.75, 3.05) is 26.3 Å². The molecule has 5 heterocycles. The monoisotopic (exact) mass is 695 g/mol. The van der Waals surface area contributed by atoms with Crippen LogP contribution in [0.3, 0.4) is 0 Å². The molecule has 48 heavy (non-hydrogen) atoms. The van der Waals surface area contributed by atoms with E-state index in [2.05, 4.69) is 5.32 Å². The third-order valence-corrected chi connectivity index (χ3v) is 10.9. The number of fused-ring (bicyclic) bond motifs is 9. The second-order valence-corrected chi connectivity index (χ2v) is 13.5. The molecule has 4 N–H and O–H groups in total. The van der Waals surface area contributed by atoms with Crippen LogP contribution in [0.4, 0.5) is 13.2 Å². The number of benzene rings is 2. The minimum atomic E-state index is -5.26. The number of esters is 2. The van der Waals surface area contributed by atoms with E-state index in [9.17, 15) is 37.8 Å². The number of carbonyl (C=O) groups is 3. The molecule has 0 radical (unpaired) electrons. The number of aromatic hydroxyl groups is 1. The number of aryl methyl sites for hydroxylation is 1. The number of ether oxygens (including phenoxy) is 5. The van der Waals surface area contributed by atoms with Gasteiger partial charge in [0.25, 0.3) is 0 Å². The molecule has 7 rings (SSSR count). The molecule has 13 nitrogen and oxygen atoms in total. The van der Waals surface area contributed by atoms with Crippen LogP contribution in [0.25, 0.3) is 0 Å². The van der Waals surface area contributed by atoms with Crippen molar-refractivity contribution in [2.24, 2.45) is 0 Å². The zero-order valence-electron chi connectivity index (χ0n) is 26.1. The Morgan fingerprint density at radius 2 is 1.85 bits per heavy atom. The van der Waals surface area contributed by atoms with Crippen LogP contribution >= 0.6 is 11.8 Å².